The number of halogens is 3. The summed E-state index contributed by atoms with van der Waals surface area (Å²) in [4.78, 5) is 0. The fourth-order valence-electron chi connectivity index (χ4n) is 0.447. The lowest BCUT2D eigenvalue weighted by atomic mass is 10.2. The molecule has 3 unspecified atom stereocenters. The van der Waals surface area contributed by atoms with Crippen LogP contribution in [-0.2, 0) is 0 Å². The van der Waals surface area contributed by atoms with Gasteiger partial charge in [-0.2, -0.15) is 0 Å². The molecule has 0 aliphatic carbocycles. The van der Waals surface area contributed by atoms with E-state index in [4.69, 9.17) is 34.8 Å². The zero-order valence-corrected chi connectivity index (χ0v) is 7.55. The summed E-state index contributed by atoms with van der Waals surface area (Å²) >= 11 is 17.2. The van der Waals surface area contributed by atoms with E-state index in [-0.39, 0.29) is 16.1 Å². The van der Waals surface area contributed by atoms with Crippen molar-refractivity contribution in [2.45, 2.75) is 29.5 Å². The lowest BCUT2D eigenvalue weighted by molar-refractivity contribution is 0.753. The quantitative estimate of drug-likeness (QED) is 0.597. The van der Waals surface area contributed by atoms with E-state index in [1.54, 1.807) is 0 Å². The SMILES string of the molecule is [CH2]CC(Cl)C(Cl)C(C)Cl. The monoisotopic (exact) mass is 187 g/mol. The molecule has 0 fully saturated rings. The lowest BCUT2D eigenvalue weighted by Gasteiger charge is -2.15. The number of alkyl halides is 3. The van der Waals surface area contributed by atoms with Crippen molar-refractivity contribution in [2.75, 3.05) is 0 Å². The molecule has 0 rings (SSSR count). The van der Waals surface area contributed by atoms with Crippen molar-refractivity contribution in [1.29, 1.82) is 0 Å². The Labute approximate surface area is 71.5 Å². The molecule has 0 bridgehead atoms. The zero-order valence-electron chi connectivity index (χ0n) is 5.28. The summed E-state index contributed by atoms with van der Waals surface area (Å²) in [5, 5.41) is -0.374. The van der Waals surface area contributed by atoms with Crippen molar-refractivity contribution in [3.8, 4) is 0 Å². The molecule has 0 aliphatic heterocycles. The second-order valence-electron chi connectivity index (χ2n) is 1.93. The molecule has 0 saturated heterocycles. The van der Waals surface area contributed by atoms with E-state index in [1.807, 2.05) is 6.92 Å². The molecular weight excluding hydrogens is 178 g/mol. The van der Waals surface area contributed by atoms with Gasteiger partial charge in [-0.15, -0.1) is 34.8 Å². The maximum absolute atomic E-state index is 5.76. The lowest BCUT2D eigenvalue weighted by Crippen LogP contribution is -2.22. The van der Waals surface area contributed by atoms with Gasteiger partial charge in [-0.25, -0.2) is 0 Å². The van der Waals surface area contributed by atoms with E-state index in [1.165, 1.54) is 0 Å². The standard InChI is InChI=1S/C6H10Cl3/c1-3-5(8)6(9)4(2)7/h4-6H,1,3H2,2H3. The van der Waals surface area contributed by atoms with Crippen LogP contribution in [0.4, 0.5) is 0 Å². The summed E-state index contributed by atoms with van der Waals surface area (Å²) in [5.41, 5.74) is 0. The summed E-state index contributed by atoms with van der Waals surface area (Å²) in [6.45, 7) is 5.44. The molecular formula is C6H10Cl3. The summed E-state index contributed by atoms with van der Waals surface area (Å²) < 4.78 is 0. The van der Waals surface area contributed by atoms with Crippen LogP contribution in [0, 0.1) is 6.92 Å². The number of hydrogen-bond donors (Lipinski definition) is 0. The Morgan fingerprint density at radius 2 is 1.78 bits per heavy atom. The molecule has 3 atom stereocenters. The Morgan fingerprint density at radius 3 is 1.89 bits per heavy atom. The second kappa shape index (κ2) is 4.65. The van der Waals surface area contributed by atoms with Gasteiger partial charge >= 0.3 is 0 Å². The van der Waals surface area contributed by atoms with Crippen LogP contribution in [0.5, 0.6) is 0 Å². The highest BCUT2D eigenvalue weighted by atomic mass is 35.5. The van der Waals surface area contributed by atoms with Crippen LogP contribution in [0.2, 0.25) is 0 Å². The minimum atomic E-state index is -0.175. The average Bonchev–Trinajstić information content (AvgIpc) is 1.84. The highest BCUT2D eigenvalue weighted by molar-refractivity contribution is 6.34. The van der Waals surface area contributed by atoms with Crippen LogP contribution >= 0.6 is 34.8 Å². The van der Waals surface area contributed by atoms with Crippen molar-refractivity contribution in [3.63, 3.8) is 0 Å². The first-order chi connectivity index (χ1) is 4.09. The Bertz CT molecular complexity index is 72.7. The maximum atomic E-state index is 5.76. The highest BCUT2D eigenvalue weighted by Crippen LogP contribution is 2.19. The molecule has 0 amide bonds. The summed E-state index contributed by atoms with van der Waals surface area (Å²) in [5.74, 6) is 0. The van der Waals surface area contributed by atoms with Gasteiger partial charge in [0.2, 0.25) is 0 Å². The fourth-order valence-corrected chi connectivity index (χ4v) is 1.04. The van der Waals surface area contributed by atoms with Gasteiger partial charge in [-0.1, -0.05) is 6.92 Å². The predicted molar refractivity (Wildman–Crippen MR) is 44.6 cm³/mol. The van der Waals surface area contributed by atoms with Crippen molar-refractivity contribution in [3.05, 3.63) is 6.92 Å². The summed E-state index contributed by atoms with van der Waals surface area (Å²) in [6, 6.07) is 0. The molecule has 0 spiro atoms. The first-order valence-electron chi connectivity index (χ1n) is 2.81. The Balaban J connectivity index is 3.58. The maximum Gasteiger partial charge on any atom is 0.0660 e. The Morgan fingerprint density at radius 1 is 1.33 bits per heavy atom. The van der Waals surface area contributed by atoms with E-state index in [0.29, 0.717) is 6.42 Å². The van der Waals surface area contributed by atoms with Crippen LogP contribution in [0.15, 0.2) is 0 Å². The summed E-state index contributed by atoms with van der Waals surface area (Å²) in [6.07, 6.45) is 0.618. The van der Waals surface area contributed by atoms with Gasteiger partial charge in [0.25, 0.3) is 0 Å². The van der Waals surface area contributed by atoms with Crippen LogP contribution in [-0.4, -0.2) is 16.1 Å². The highest BCUT2D eigenvalue weighted by Gasteiger charge is 2.19. The third kappa shape index (κ3) is 3.54. The first kappa shape index (κ1) is 9.87. The van der Waals surface area contributed by atoms with Crippen molar-refractivity contribution < 1.29 is 0 Å². The van der Waals surface area contributed by atoms with Gasteiger partial charge < -0.3 is 0 Å². The third-order valence-electron chi connectivity index (χ3n) is 1.06. The van der Waals surface area contributed by atoms with Gasteiger partial charge in [-0.05, 0) is 13.3 Å². The van der Waals surface area contributed by atoms with Crippen molar-refractivity contribution in [2.24, 2.45) is 0 Å². The van der Waals surface area contributed by atoms with E-state index in [2.05, 4.69) is 6.92 Å². The zero-order chi connectivity index (χ0) is 7.44. The molecule has 55 valence electrons. The molecule has 1 radical (unpaired) electrons. The fraction of sp³-hybridized carbons (Fsp3) is 0.833. The summed E-state index contributed by atoms with van der Waals surface area (Å²) in [7, 11) is 0. The van der Waals surface area contributed by atoms with Gasteiger partial charge in [-0.3, -0.25) is 0 Å². The van der Waals surface area contributed by atoms with Gasteiger partial charge in [0.15, 0.2) is 0 Å². The topological polar surface area (TPSA) is 0 Å². The van der Waals surface area contributed by atoms with E-state index in [0.717, 1.165) is 0 Å². The smallest absolute Gasteiger partial charge is 0.0660 e. The molecule has 3 heteroatoms. The van der Waals surface area contributed by atoms with Crippen molar-refractivity contribution in [1.82, 2.24) is 0 Å². The number of rotatable bonds is 3. The molecule has 0 heterocycles. The minimum absolute atomic E-state index is 0.0871. The molecule has 0 nitrogen and oxygen atoms in total. The van der Waals surface area contributed by atoms with Gasteiger partial charge in [0.05, 0.1) is 10.8 Å². The molecule has 0 aromatic heterocycles. The number of hydrogen-bond acceptors (Lipinski definition) is 0. The van der Waals surface area contributed by atoms with Gasteiger partial charge in [0.1, 0.15) is 0 Å². The molecule has 0 aromatic rings. The van der Waals surface area contributed by atoms with Crippen LogP contribution in [0.1, 0.15) is 13.3 Å². The average molecular weight is 189 g/mol. The molecule has 0 N–H and O–H groups in total. The molecule has 9 heavy (non-hydrogen) atoms. The Kier molecular flexibility index (Phi) is 5.10. The molecule has 0 aliphatic rings. The normalized spacial score (nSPS) is 21.0. The molecule has 0 saturated carbocycles. The molecule has 0 aromatic carbocycles. The third-order valence-corrected chi connectivity index (χ3v) is 2.76. The van der Waals surface area contributed by atoms with E-state index < -0.39 is 0 Å². The predicted octanol–water partition coefficient (Wildman–Crippen LogP) is 3.05. The second-order valence-corrected chi connectivity index (χ2v) is 3.68. The van der Waals surface area contributed by atoms with E-state index in [9.17, 15) is 0 Å². The largest absolute Gasteiger partial charge is 0.122 e. The van der Waals surface area contributed by atoms with Crippen LogP contribution in [0.25, 0.3) is 0 Å². The Hall–Kier alpha value is 0.870. The van der Waals surface area contributed by atoms with Crippen LogP contribution < -0.4 is 0 Å². The van der Waals surface area contributed by atoms with E-state index >= 15 is 0 Å². The minimum Gasteiger partial charge on any atom is -0.122 e. The van der Waals surface area contributed by atoms with Crippen molar-refractivity contribution >= 4 is 34.8 Å². The first-order valence-corrected chi connectivity index (χ1v) is 4.12. The van der Waals surface area contributed by atoms with Crippen LogP contribution in [0.3, 0.4) is 0 Å². The van der Waals surface area contributed by atoms with Gasteiger partial charge in [0, 0.05) is 5.38 Å².